The van der Waals surface area contributed by atoms with E-state index in [0.717, 1.165) is 5.69 Å². The zero-order valence-corrected chi connectivity index (χ0v) is 11.4. The second-order valence-corrected chi connectivity index (χ2v) is 4.61. The van der Waals surface area contributed by atoms with Gasteiger partial charge in [-0.15, -0.1) is 0 Å². The molecule has 0 saturated carbocycles. The van der Waals surface area contributed by atoms with Crippen LogP contribution in [0.3, 0.4) is 0 Å². The fraction of sp³-hybridized carbons (Fsp3) is 0.0909. The molecule has 1 heterocycles. The van der Waals surface area contributed by atoms with Gasteiger partial charge >= 0.3 is 0 Å². The molecule has 88 valence electrons. The summed E-state index contributed by atoms with van der Waals surface area (Å²) in [4.78, 5) is 8.14. The highest BCUT2D eigenvalue weighted by Crippen LogP contribution is 2.25. The van der Waals surface area contributed by atoms with Crippen LogP contribution < -0.4 is 16.4 Å². The topological polar surface area (TPSA) is 75.9 Å². The molecule has 0 unspecified atom stereocenters. The van der Waals surface area contributed by atoms with E-state index in [1.54, 1.807) is 7.05 Å². The van der Waals surface area contributed by atoms with E-state index in [9.17, 15) is 0 Å². The summed E-state index contributed by atoms with van der Waals surface area (Å²) in [5, 5.41) is 6.07. The number of halogens is 1. The highest BCUT2D eigenvalue weighted by molar-refractivity contribution is 14.1. The van der Waals surface area contributed by atoms with Crippen LogP contribution in [0.4, 0.5) is 23.0 Å². The van der Waals surface area contributed by atoms with Crippen molar-refractivity contribution in [3.63, 3.8) is 0 Å². The Hall–Kier alpha value is -1.57. The first-order valence-electron chi connectivity index (χ1n) is 5.01. The van der Waals surface area contributed by atoms with Gasteiger partial charge in [0.15, 0.2) is 11.6 Å². The number of nitrogens with two attached hydrogens (primary N) is 1. The maximum atomic E-state index is 5.92. The second kappa shape index (κ2) is 5.17. The van der Waals surface area contributed by atoms with Crippen LogP contribution in [0.5, 0.6) is 0 Å². The Balaban J connectivity index is 2.27. The van der Waals surface area contributed by atoms with Crippen LogP contribution >= 0.6 is 22.6 Å². The Morgan fingerprint density at radius 3 is 2.41 bits per heavy atom. The van der Waals surface area contributed by atoms with E-state index in [0.29, 0.717) is 17.3 Å². The maximum Gasteiger partial charge on any atom is 0.159 e. The third-order valence-corrected chi connectivity index (χ3v) is 2.95. The van der Waals surface area contributed by atoms with Gasteiger partial charge in [-0.3, -0.25) is 0 Å². The van der Waals surface area contributed by atoms with Gasteiger partial charge in [-0.2, -0.15) is 0 Å². The van der Waals surface area contributed by atoms with Gasteiger partial charge in [-0.25, -0.2) is 9.97 Å². The Morgan fingerprint density at radius 1 is 1.12 bits per heavy atom. The molecule has 0 amide bonds. The van der Waals surface area contributed by atoms with E-state index in [4.69, 9.17) is 5.73 Å². The van der Waals surface area contributed by atoms with Gasteiger partial charge in [0, 0.05) is 16.3 Å². The number of nitrogens with zero attached hydrogens (tertiary/aromatic N) is 2. The largest absolute Gasteiger partial charge is 0.393 e. The van der Waals surface area contributed by atoms with E-state index >= 15 is 0 Å². The normalized spacial score (nSPS) is 10.0. The van der Waals surface area contributed by atoms with Gasteiger partial charge in [-0.05, 0) is 46.9 Å². The van der Waals surface area contributed by atoms with Crippen LogP contribution in [-0.2, 0) is 0 Å². The number of nitrogen functional groups attached to an aromatic ring is 1. The molecular formula is C11H12IN5. The molecule has 17 heavy (non-hydrogen) atoms. The summed E-state index contributed by atoms with van der Waals surface area (Å²) < 4.78 is 1.18. The lowest BCUT2D eigenvalue weighted by molar-refractivity contribution is 1.16. The quantitative estimate of drug-likeness (QED) is 0.748. The highest BCUT2D eigenvalue weighted by Gasteiger charge is 2.06. The standard InChI is InChI=1S/C11H12IN5/c1-14-10-9(13)11(16-6-15-10)17-8-4-2-7(12)3-5-8/h2-6H,13H2,1H3,(H2,14,15,16,17). The summed E-state index contributed by atoms with van der Waals surface area (Å²) in [7, 11) is 1.77. The lowest BCUT2D eigenvalue weighted by Crippen LogP contribution is -2.04. The first kappa shape index (κ1) is 11.9. The van der Waals surface area contributed by atoms with Crippen molar-refractivity contribution < 1.29 is 0 Å². The molecule has 0 saturated heterocycles. The van der Waals surface area contributed by atoms with Crippen LogP contribution in [0.25, 0.3) is 0 Å². The Bertz CT molecular complexity index is 512. The number of rotatable bonds is 3. The van der Waals surface area contributed by atoms with E-state index < -0.39 is 0 Å². The number of aromatic nitrogens is 2. The van der Waals surface area contributed by atoms with E-state index in [2.05, 4.69) is 43.2 Å². The van der Waals surface area contributed by atoms with Crippen molar-refractivity contribution in [2.75, 3.05) is 23.4 Å². The first-order valence-corrected chi connectivity index (χ1v) is 6.09. The molecule has 0 atom stereocenters. The average molecular weight is 341 g/mol. The third kappa shape index (κ3) is 2.76. The zero-order chi connectivity index (χ0) is 12.3. The van der Waals surface area contributed by atoms with Crippen molar-refractivity contribution >= 4 is 45.6 Å². The average Bonchev–Trinajstić information content (AvgIpc) is 2.35. The molecule has 4 N–H and O–H groups in total. The van der Waals surface area contributed by atoms with Crippen molar-refractivity contribution in [3.8, 4) is 0 Å². The van der Waals surface area contributed by atoms with Gasteiger partial charge < -0.3 is 16.4 Å². The molecule has 5 nitrogen and oxygen atoms in total. The summed E-state index contributed by atoms with van der Waals surface area (Å²) in [6.07, 6.45) is 1.47. The predicted molar refractivity (Wildman–Crippen MR) is 78.4 cm³/mol. The summed E-state index contributed by atoms with van der Waals surface area (Å²) >= 11 is 2.26. The number of anilines is 4. The van der Waals surface area contributed by atoms with Gasteiger partial charge in [0.1, 0.15) is 12.0 Å². The maximum absolute atomic E-state index is 5.92. The van der Waals surface area contributed by atoms with E-state index in [-0.39, 0.29) is 0 Å². The van der Waals surface area contributed by atoms with Crippen LogP contribution in [0, 0.1) is 3.57 Å². The SMILES string of the molecule is CNc1ncnc(Nc2ccc(I)cc2)c1N. The molecule has 0 radical (unpaired) electrons. The Morgan fingerprint density at radius 2 is 1.76 bits per heavy atom. The van der Waals surface area contributed by atoms with Gasteiger partial charge in [0.05, 0.1) is 0 Å². The zero-order valence-electron chi connectivity index (χ0n) is 9.24. The molecule has 0 aliphatic carbocycles. The number of hydrogen-bond acceptors (Lipinski definition) is 5. The number of nitrogens with one attached hydrogen (secondary N) is 2. The lowest BCUT2D eigenvalue weighted by Gasteiger charge is -2.10. The molecular weight excluding hydrogens is 329 g/mol. The summed E-state index contributed by atoms with van der Waals surface area (Å²) in [5.74, 6) is 1.22. The van der Waals surface area contributed by atoms with Gasteiger partial charge in [0.25, 0.3) is 0 Å². The molecule has 2 rings (SSSR count). The number of hydrogen-bond donors (Lipinski definition) is 3. The summed E-state index contributed by atoms with van der Waals surface area (Å²) in [6, 6.07) is 7.98. The Labute approximate surface area is 113 Å². The van der Waals surface area contributed by atoms with Crippen LogP contribution in [0.2, 0.25) is 0 Å². The second-order valence-electron chi connectivity index (χ2n) is 3.37. The fourth-order valence-electron chi connectivity index (χ4n) is 1.36. The van der Waals surface area contributed by atoms with Crippen molar-refractivity contribution in [2.45, 2.75) is 0 Å². The van der Waals surface area contributed by atoms with E-state index in [1.807, 2.05) is 24.3 Å². The molecule has 0 spiro atoms. The van der Waals surface area contributed by atoms with Crippen LogP contribution in [0.15, 0.2) is 30.6 Å². The highest BCUT2D eigenvalue weighted by atomic mass is 127. The van der Waals surface area contributed by atoms with Crippen molar-refractivity contribution in [3.05, 3.63) is 34.2 Å². The predicted octanol–water partition coefficient (Wildman–Crippen LogP) is 2.45. The molecule has 1 aromatic carbocycles. The van der Waals surface area contributed by atoms with Crippen molar-refractivity contribution in [2.24, 2.45) is 0 Å². The lowest BCUT2D eigenvalue weighted by atomic mass is 10.3. The Kier molecular flexibility index (Phi) is 3.62. The van der Waals surface area contributed by atoms with Crippen molar-refractivity contribution in [1.29, 1.82) is 0 Å². The van der Waals surface area contributed by atoms with Crippen LogP contribution in [-0.4, -0.2) is 17.0 Å². The van der Waals surface area contributed by atoms with Crippen LogP contribution in [0.1, 0.15) is 0 Å². The molecule has 0 aliphatic rings. The number of benzene rings is 1. The first-order chi connectivity index (χ1) is 8.20. The molecule has 0 bridgehead atoms. The fourth-order valence-corrected chi connectivity index (χ4v) is 1.72. The molecule has 0 fully saturated rings. The molecule has 2 aromatic rings. The third-order valence-electron chi connectivity index (χ3n) is 2.23. The minimum atomic E-state index is 0.508. The summed E-state index contributed by atoms with van der Waals surface area (Å²) in [5.41, 5.74) is 7.37. The minimum absolute atomic E-state index is 0.508. The molecule has 6 heteroatoms. The van der Waals surface area contributed by atoms with Gasteiger partial charge in [0.2, 0.25) is 0 Å². The summed E-state index contributed by atoms with van der Waals surface area (Å²) in [6.45, 7) is 0. The molecule has 1 aromatic heterocycles. The molecule has 0 aliphatic heterocycles. The van der Waals surface area contributed by atoms with Crippen molar-refractivity contribution in [1.82, 2.24) is 9.97 Å². The minimum Gasteiger partial charge on any atom is -0.393 e. The smallest absolute Gasteiger partial charge is 0.159 e. The monoisotopic (exact) mass is 341 g/mol. The van der Waals surface area contributed by atoms with Gasteiger partial charge in [-0.1, -0.05) is 0 Å². The van der Waals surface area contributed by atoms with E-state index in [1.165, 1.54) is 9.90 Å².